The highest BCUT2D eigenvalue weighted by Crippen LogP contribution is 2.44. The maximum atomic E-state index is 11.1. The lowest BCUT2D eigenvalue weighted by molar-refractivity contribution is -0.139. The molecule has 2 fully saturated rings. The van der Waals surface area contributed by atoms with Gasteiger partial charge < -0.3 is 14.3 Å². The van der Waals surface area contributed by atoms with Gasteiger partial charge in [-0.1, -0.05) is 12.8 Å². The molecular weight excluding hydrogens is 272 g/mol. The molecule has 1 aromatic heterocycles. The summed E-state index contributed by atoms with van der Waals surface area (Å²) < 4.78 is 11.5. The first-order chi connectivity index (χ1) is 10.1. The van der Waals surface area contributed by atoms with Gasteiger partial charge in [0.1, 0.15) is 6.10 Å². The fourth-order valence-electron chi connectivity index (χ4n) is 3.64. The van der Waals surface area contributed by atoms with Crippen molar-refractivity contribution in [2.24, 2.45) is 5.41 Å². The van der Waals surface area contributed by atoms with E-state index in [0.717, 1.165) is 38.5 Å². The van der Waals surface area contributed by atoms with E-state index in [-0.39, 0.29) is 24.0 Å². The van der Waals surface area contributed by atoms with E-state index in [9.17, 15) is 4.79 Å². The number of hydrogen-bond acceptors (Lipinski definition) is 5. The van der Waals surface area contributed by atoms with Crippen molar-refractivity contribution < 1.29 is 19.1 Å². The average Bonchev–Trinajstić information content (AvgIpc) is 3.11. The van der Waals surface area contributed by atoms with Crippen LogP contribution >= 0.6 is 0 Å². The van der Waals surface area contributed by atoms with Crippen molar-refractivity contribution >= 4 is 5.97 Å². The van der Waals surface area contributed by atoms with Gasteiger partial charge in [0.2, 0.25) is 11.8 Å². The first kappa shape index (κ1) is 14.5. The normalized spacial score (nSPS) is 28.0. The molecule has 3 rings (SSSR count). The lowest BCUT2D eigenvalue weighted by atomic mass is 9.79. The molecule has 116 valence electrons. The van der Waals surface area contributed by atoms with Crippen LogP contribution in [0.2, 0.25) is 0 Å². The van der Waals surface area contributed by atoms with Crippen LogP contribution in [0.3, 0.4) is 0 Å². The van der Waals surface area contributed by atoms with Crippen LogP contribution in [0.1, 0.15) is 69.8 Å². The van der Waals surface area contributed by atoms with Gasteiger partial charge in [0.15, 0.2) is 0 Å². The van der Waals surface area contributed by atoms with E-state index in [1.54, 1.807) is 0 Å². The minimum atomic E-state index is -0.746. The topological polar surface area (TPSA) is 85.5 Å². The largest absolute Gasteiger partial charge is 0.481 e. The Kier molecular flexibility index (Phi) is 3.97. The Bertz CT molecular complexity index is 508. The number of ether oxygens (including phenoxy) is 1. The third-order valence-corrected chi connectivity index (χ3v) is 4.71. The van der Waals surface area contributed by atoms with Crippen LogP contribution in [-0.2, 0) is 16.0 Å². The van der Waals surface area contributed by atoms with Gasteiger partial charge in [0.25, 0.3) is 0 Å². The van der Waals surface area contributed by atoms with Crippen molar-refractivity contribution in [3.63, 3.8) is 0 Å². The SMILES string of the molecule is CC1CCC(c2nnc(CC3(CC(=O)O)CCCC3)o2)O1. The second kappa shape index (κ2) is 5.75. The molecular formula is C15H22N2O4. The van der Waals surface area contributed by atoms with Crippen LogP contribution < -0.4 is 0 Å². The third-order valence-electron chi connectivity index (χ3n) is 4.71. The first-order valence-corrected chi connectivity index (χ1v) is 7.76. The Morgan fingerprint density at radius 2 is 2.10 bits per heavy atom. The highest BCUT2D eigenvalue weighted by molar-refractivity contribution is 5.67. The molecule has 1 saturated carbocycles. The van der Waals surface area contributed by atoms with Gasteiger partial charge in [-0.15, -0.1) is 10.2 Å². The fraction of sp³-hybridized carbons (Fsp3) is 0.800. The molecule has 1 saturated heterocycles. The Morgan fingerprint density at radius 1 is 1.33 bits per heavy atom. The summed E-state index contributed by atoms with van der Waals surface area (Å²) in [5.41, 5.74) is -0.209. The van der Waals surface area contributed by atoms with Crippen molar-refractivity contribution in [3.05, 3.63) is 11.8 Å². The van der Waals surface area contributed by atoms with Crippen LogP contribution in [0.5, 0.6) is 0 Å². The maximum Gasteiger partial charge on any atom is 0.303 e. The summed E-state index contributed by atoms with van der Waals surface area (Å²) in [7, 11) is 0. The smallest absolute Gasteiger partial charge is 0.303 e. The Hall–Kier alpha value is -1.43. The molecule has 0 aromatic carbocycles. The van der Waals surface area contributed by atoms with E-state index >= 15 is 0 Å². The summed E-state index contributed by atoms with van der Waals surface area (Å²) in [5, 5.41) is 17.3. The molecule has 6 heteroatoms. The molecule has 1 N–H and O–H groups in total. The van der Waals surface area contributed by atoms with Gasteiger partial charge in [-0.2, -0.15) is 0 Å². The number of carboxylic acids is 1. The highest BCUT2D eigenvalue weighted by Gasteiger charge is 2.38. The standard InChI is InChI=1S/C15H22N2O4/c1-10-4-5-11(20-10)14-17-16-12(21-14)8-15(9-13(18)19)6-2-3-7-15/h10-11H,2-9H2,1H3,(H,18,19). The number of aliphatic carboxylic acids is 1. The zero-order chi connectivity index (χ0) is 14.9. The Morgan fingerprint density at radius 3 is 2.71 bits per heavy atom. The highest BCUT2D eigenvalue weighted by atomic mass is 16.5. The minimum Gasteiger partial charge on any atom is -0.481 e. The van der Waals surface area contributed by atoms with Gasteiger partial charge in [-0.3, -0.25) is 4.79 Å². The number of aromatic nitrogens is 2. The average molecular weight is 294 g/mol. The van der Waals surface area contributed by atoms with Crippen molar-refractivity contribution in [1.82, 2.24) is 10.2 Å². The van der Waals surface area contributed by atoms with E-state index in [0.29, 0.717) is 18.2 Å². The predicted molar refractivity (Wildman–Crippen MR) is 73.7 cm³/mol. The third kappa shape index (κ3) is 3.26. The van der Waals surface area contributed by atoms with Gasteiger partial charge in [0.05, 0.1) is 12.5 Å². The van der Waals surface area contributed by atoms with Gasteiger partial charge >= 0.3 is 5.97 Å². The molecule has 1 aromatic rings. The zero-order valence-corrected chi connectivity index (χ0v) is 12.4. The molecule has 0 spiro atoms. The van der Waals surface area contributed by atoms with E-state index in [2.05, 4.69) is 10.2 Å². The molecule has 21 heavy (non-hydrogen) atoms. The zero-order valence-electron chi connectivity index (χ0n) is 12.4. The monoisotopic (exact) mass is 294 g/mol. The number of hydrogen-bond donors (Lipinski definition) is 1. The molecule has 1 aliphatic carbocycles. The lowest BCUT2D eigenvalue weighted by Gasteiger charge is -2.24. The van der Waals surface area contributed by atoms with Gasteiger partial charge in [-0.25, -0.2) is 0 Å². The Balaban J connectivity index is 1.69. The lowest BCUT2D eigenvalue weighted by Crippen LogP contribution is -2.24. The van der Waals surface area contributed by atoms with Gasteiger partial charge in [-0.05, 0) is 38.0 Å². The summed E-state index contributed by atoms with van der Waals surface area (Å²) in [4.78, 5) is 11.1. The summed E-state index contributed by atoms with van der Waals surface area (Å²) in [6.07, 6.45) is 6.81. The molecule has 0 amide bonds. The van der Waals surface area contributed by atoms with E-state index in [4.69, 9.17) is 14.3 Å². The molecule has 2 unspecified atom stereocenters. The summed E-state index contributed by atoms with van der Waals surface area (Å²) in [6.45, 7) is 2.04. The van der Waals surface area contributed by atoms with Crippen molar-refractivity contribution in [2.45, 2.75) is 70.5 Å². The summed E-state index contributed by atoms with van der Waals surface area (Å²) >= 11 is 0. The van der Waals surface area contributed by atoms with E-state index < -0.39 is 5.97 Å². The number of carboxylic acid groups (broad SMARTS) is 1. The second-order valence-corrected chi connectivity index (χ2v) is 6.50. The number of carbonyl (C=O) groups is 1. The van der Waals surface area contributed by atoms with E-state index in [1.165, 1.54) is 0 Å². The predicted octanol–water partition coefficient (Wildman–Crippen LogP) is 2.89. The van der Waals surface area contributed by atoms with Crippen LogP contribution in [0, 0.1) is 5.41 Å². The summed E-state index contributed by atoms with van der Waals surface area (Å²) in [5.74, 6) is 0.346. The van der Waals surface area contributed by atoms with Crippen LogP contribution in [0.4, 0.5) is 0 Å². The molecule has 2 atom stereocenters. The molecule has 1 aliphatic heterocycles. The molecule has 0 radical (unpaired) electrons. The fourth-order valence-corrected chi connectivity index (χ4v) is 3.64. The molecule has 6 nitrogen and oxygen atoms in total. The Labute approximate surface area is 123 Å². The van der Waals surface area contributed by atoms with Crippen molar-refractivity contribution in [3.8, 4) is 0 Å². The minimum absolute atomic E-state index is 0.0970. The second-order valence-electron chi connectivity index (χ2n) is 6.50. The van der Waals surface area contributed by atoms with Crippen LogP contribution in [-0.4, -0.2) is 27.4 Å². The first-order valence-electron chi connectivity index (χ1n) is 7.76. The maximum absolute atomic E-state index is 11.1. The van der Waals surface area contributed by atoms with Crippen LogP contribution in [0.15, 0.2) is 4.42 Å². The quantitative estimate of drug-likeness (QED) is 0.898. The van der Waals surface area contributed by atoms with E-state index in [1.807, 2.05) is 6.92 Å². The summed E-state index contributed by atoms with van der Waals surface area (Å²) in [6, 6.07) is 0. The number of rotatable bonds is 5. The number of nitrogens with zero attached hydrogens (tertiary/aromatic N) is 2. The van der Waals surface area contributed by atoms with Crippen LogP contribution in [0.25, 0.3) is 0 Å². The van der Waals surface area contributed by atoms with Gasteiger partial charge in [0, 0.05) is 6.42 Å². The van der Waals surface area contributed by atoms with Crippen molar-refractivity contribution in [1.29, 1.82) is 0 Å². The van der Waals surface area contributed by atoms with Crippen molar-refractivity contribution in [2.75, 3.05) is 0 Å². The molecule has 2 aliphatic rings. The molecule has 0 bridgehead atoms. The molecule has 2 heterocycles.